The molecule has 13 heavy (non-hydrogen) atoms. The van der Waals surface area contributed by atoms with Gasteiger partial charge in [-0.3, -0.25) is 4.55 Å². The number of nitrogens with two attached hydrogens (primary N) is 1. The summed E-state index contributed by atoms with van der Waals surface area (Å²) in [7, 11) is 0. The highest BCUT2D eigenvalue weighted by Gasteiger charge is 2.07. The Morgan fingerprint density at radius 3 is 2.77 bits per heavy atom. The van der Waals surface area contributed by atoms with Crippen LogP contribution in [0.5, 0.6) is 5.75 Å². The first kappa shape index (κ1) is 10.3. The summed E-state index contributed by atoms with van der Waals surface area (Å²) < 4.78 is 23.4. The average Bonchev–Trinajstić information content (AvgIpc) is 1.98. The molecule has 72 valence electrons. The second-order valence-corrected chi connectivity index (χ2v) is 3.46. The summed E-state index contributed by atoms with van der Waals surface area (Å²) in [5, 5.41) is 0.364. The van der Waals surface area contributed by atoms with E-state index in [2.05, 4.69) is 4.18 Å². The number of halogens is 1. The van der Waals surface area contributed by atoms with Crippen molar-refractivity contribution in [2.24, 2.45) is 0 Å². The number of hydrogen-bond donors (Lipinski definition) is 2. The van der Waals surface area contributed by atoms with E-state index in [0.717, 1.165) is 0 Å². The molecule has 0 saturated heterocycles. The van der Waals surface area contributed by atoms with E-state index in [1.165, 1.54) is 6.07 Å². The lowest BCUT2D eigenvalue weighted by Gasteiger charge is -2.07. The Bertz CT molecular complexity index is 356. The van der Waals surface area contributed by atoms with Crippen LogP contribution in [0.3, 0.4) is 0 Å². The molecule has 0 aliphatic heterocycles. The van der Waals surface area contributed by atoms with E-state index < -0.39 is 11.4 Å². The summed E-state index contributed by atoms with van der Waals surface area (Å²) in [6.07, 6.45) is 0. The van der Waals surface area contributed by atoms with Gasteiger partial charge in [-0.15, -0.1) is 0 Å². The second-order valence-electron chi connectivity index (χ2n) is 2.42. The van der Waals surface area contributed by atoms with Crippen LogP contribution in [0.25, 0.3) is 0 Å². The number of rotatable bonds is 2. The number of hydrogen-bond acceptors (Lipinski definition) is 3. The molecule has 0 aliphatic rings. The smallest absolute Gasteiger partial charge is 0.357 e. The first-order valence-corrected chi connectivity index (χ1v) is 4.76. The molecule has 1 aromatic rings. The lowest BCUT2D eigenvalue weighted by atomic mass is 10.2. The molecule has 1 rings (SSSR count). The largest absolute Gasteiger partial charge is 0.398 e. The maximum Gasteiger partial charge on any atom is 0.357 e. The molecular weight excluding hydrogens is 214 g/mol. The van der Waals surface area contributed by atoms with Gasteiger partial charge in [0.2, 0.25) is 0 Å². The van der Waals surface area contributed by atoms with Gasteiger partial charge in [0.1, 0.15) is 5.75 Å². The zero-order valence-electron chi connectivity index (χ0n) is 6.78. The lowest BCUT2D eigenvalue weighted by molar-refractivity contribution is 0.456. The standard InChI is InChI=1S/C7H8ClNO3S/c1-4-6(9)2-5(8)3-7(4)12-13(10)11/h2-3H,9H2,1H3,(H,10,11). The third-order valence-corrected chi connectivity index (χ3v) is 2.07. The molecule has 6 heteroatoms. The predicted molar refractivity (Wildman–Crippen MR) is 52.0 cm³/mol. The van der Waals surface area contributed by atoms with Crippen LogP contribution in [-0.4, -0.2) is 8.76 Å². The molecule has 3 N–H and O–H groups in total. The Balaban J connectivity index is 3.12. The van der Waals surface area contributed by atoms with E-state index in [4.69, 9.17) is 21.9 Å². The van der Waals surface area contributed by atoms with Crippen LogP contribution >= 0.6 is 11.6 Å². The van der Waals surface area contributed by atoms with Crippen molar-refractivity contribution < 1.29 is 12.9 Å². The van der Waals surface area contributed by atoms with Crippen LogP contribution in [0.15, 0.2) is 12.1 Å². The van der Waals surface area contributed by atoms with Crippen LogP contribution in [0.4, 0.5) is 5.69 Å². The van der Waals surface area contributed by atoms with Crippen LogP contribution < -0.4 is 9.92 Å². The van der Waals surface area contributed by atoms with Crippen molar-refractivity contribution in [3.05, 3.63) is 22.7 Å². The van der Waals surface area contributed by atoms with E-state index in [-0.39, 0.29) is 5.75 Å². The maximum atomic E-state index is 10.3. The zero-order chi connectivity index (χ0) is 10.0. The van der Waals surface area contributed by atoms with E-state index in [0.29, 0.717) is 16.3 Å². The van der Waals surface area contributed by atoms with Gasteiger partial charge in [-0.05, 0) is 13.0 Å². The minimum Gasteiger partial charge on any atom is -0.398 e. The summed E-state index contributed by atoms with van der Waals surface area (Å²) in [6.45, 7) is 1.67. The molecule has 0 aliphatic carbocycles. The molecule has 0 heterocycles. The molecule has 1 aromatic carbocycles. The van der Waals surface area contributed by atoms with Crippen LogP contribution in [0.2, 0.25) is 5.02 Å². The third kappa shape index (κ3) is 2.58. The van der Waals surface area contributed by atoms with Crippen molar-refractivity contribution in [3.63, 3.8) is 0 Å². The quantitative estimate of drug-likeness (QED) is 0.590. The molecule has 1 unspecified atom stereocenters. The highest BCUT2D eigenvalue weighted by atomic mass is 35.5. The number of anilines is 1. The monoisotopic (exact) mass is 221 g/mol. The molecule has 4 nitrogen and oxygen atoms in total. The normalized spacial score (nSPS) is 12.5. The van der Waals surface area contributed by atoms with Crippen LogP contribution in [0, 0.1) is 6.92 Å². The minimum absolute atomic E-state index is 0.214. The van der Waals surface area contributed by atoms with Crippen molar-refractivity contribution in [1.29, 1.82) is 0 Å². The summed E-state index contributed by atoms with van der Waals surface area (Å²) >= 11 is 3.31. The van der Waals surface area contributed by atoms with Gasteiger partial charge in [-0.1, -0.05) is 11.6 Å². The Hall–Kier alpha value is -0.780. The molecule has 0 spiro atoms. The topological polar surface area (TPSA) is 72.5 Å². The Morgan fingerprint density at radius 1 is 1.62 bits per heavy atom. The zero-order valence-corrected chi connectivity index (χ0v) is 8.35. The number of nitrogen functional groups attached to an aromatic ring is 1. The Morgan fingerprint density at radius 2 is 2.23 bits per heavy atom. The van der Waals surface area contributed by atoms with Crippen molar-refractivity contribution in [3.8, 4) is 5.75 Å². The average molecular weight is 222 g/mol. The summed E-state index contributed by atoms with van der Waals surface area (Å²) in [6, 6.07) is 2.98. The predicted octanol–water partition coefficient (Wildman–Crippen LogP) is 1.75. The fourth-order valence-corrected chi connectivity index (χ4v) is 1.38. The van der Waals surface area contributed by atoms with E-state index in [1.807, 2.05) is 0 Å². The van der Waals surface area contributed by atoms with Crippen LogP contribution in [-0.2, 0) is 11.4 Å². The van der Waals surface area contributed by atoms with E-state index in [1.54, 1.807) is 13.0 Å². The van der Waals surface area contributed by atoms with Gasteiger partial charge in [-0.2, -0.15) is 4.21 Å². The molecule has 0 saturated carbocycles. The first-order valence-electron chi connectivity index (χ1n) is 3.35. The van der Waals surface area contributed by atoms with Gasteiger partial charge < -0.3 is 9.92 Å². The van der Waals surface area contributed by atoms with Gasteiger partial charge in [0.25, 0.3) is 0 Å². The summed E-state index contributed by atoms with van der Waals surface area (Å²) in [5.74, 6) is 0.214. The fraction of sp³-hybridized carbons (Fsp3) is 0.143. The highest BCUT2D eigenvalue weighted by molar-refractivity contribution is 7.74. The van der Waals surface area contributed by atoms with Crippen molar-refractivity contribution in [1.82, 2.24) is 0 Å². The Labute approximate surface area is 83.1 Å². The molecule has 0 amide bonds. The van der Waals surface area contributed by atoms with Gasteiger partial charge in [0, 0.05) is 22.3 Å². The fourth-order valence-electron chi connectivity index (χ4n) is 0.838. The summed E-state index contributed by atoms with van der Waals surface area (Å²) in [5.41, 5.74) is 6.57. The molecule has 0 bridgehead atoms. The molecular formula is C7H8ClNO3S. The minimum atomic E-state index is -2.36. The van der Waals surface area contributed by atoms with Gasteiger partial charge in [0.15, 0.2) is 0 Å². The van der Waals surface area contributed by atoms with Crippen molar-refractivity contribution in [2.45, 2.75) is 6.92 Å². The van der Waals surface area contributed by atoms with Gasteiger partial charge in [0.05, 0.1) is 0 Å². The van der Waals surface area contributed by atoms with Gasteiger partial charge >= 0.3 is 11.4 Å². The lowest BCUT2D eigenvalue weighted by Crippen LogP contribution is -2.01. The van der Waals surface area contributed by atoms with Crippen LogP contribution in [0.1, 0.15) is 5.56 Å². The SMILES string of the molecule is Cc1c(N)cc(Cl)cc1OS(=O)O. The summed E-state index contributed by atoms with van der Waals surface area (Å²) in [4.78, 5) is 0. The van der Waals surface area contributed by atoms with Crippen molar-refractivity contribution in [2.75, 3.05) is 5.73 Å². The Kier molecular flexibility index (Phi) is 3.13. The molecule has 1 atom stereocenters. The highest BCUT2D eigenvalue weighted by Crippen LogP contribution is 2.28. The third-order valence-electron chi connectivity index (χ3n) is 1.53. The van der Waals surface area contributed by atoms with E-state index >= 15 is 0 Å². The molecule has 0 radical (unpaired) electrons. The first-order chi connectivity index (χ1) is 6.00. The van der Waals surface area contributed by atoms with Gasteiger partial charge in [-0.25, -0.2) is 0 Å². The second kappa shape index (κ2) is 3.95. The molecule has 0 aromatic heterocycles. The maximum absolute atomic E-state index is 10.3. The number of benzene rings is 1. The van der Waals surface area contributed by atoms with Crippen molar-refractivity contribution >= 4 is 28.6 Å². The van der Waals surface area contributed by atoms with E-state index in [9.17, 15) is 4.21 Å². The molecule has 0 fully saturated rings.